The normalized spacial score (nSPS) is 21.8. The van der Waals surface area contributed by atoms with E-state index in [-0.39, 0.29) is 6.04 Å². The fraction of sp³-hybridized carbons (Fsp3) is 0.632. The Labute approximate surface area is 134 Å². The van der Waals surface area contributed by atoms with Crippen LogP contribution in [0.25, 0.3) is 0 Å². The van der Waals surface area contributed by atoms with Gasteiger partial charge in [-0.05, 0) is 25.7 Å². The molecule has 0 aromatic heterocycles. The SMILES string of the molecule is ON(C(=NC1CCCCC1)c1ccccc1)C1CCCCC1. The molecule has 1 N–H and O–H groups in total. The molecule has 0 amide bonds. The van der Waals surface area contributed by atoms with Crippen molar-refractivity contribution in [3.8, 4) is 0 Å². The largest absolute Gasteiger partial charge is 0.287 e. The molecule has 0 spiro atoms. The highest BCUT2D eigenvalue weighted by Crippen LogP contribution is 2.25. The maximum atomic E-state index is 10.8. The summed E-state index contributed by atoms with van der Waals surface area (Å²) in [5.74, 6) is 0.791. The Kier molecular flexibility index (Phi) is 5.49. The molecular weight excluding hydrogens is 272 g/mol. The molecule has 2 aliphatic carbocycles. The van der Waals surface area contributed by atoms with Gasteiger partial charge in [0.1, 0.15) is 0 Å². The average Bonchev–Trinajstić information content (AvgIpc) is 2.61. The molecule has 2 fully saturated rings. The molecule has 0 heterocycles. The van der Waals surface area contributed by atoms with E-state index in [0.717, 1.165) is 37.1 Å². The van der Waals surface area contributed by atoms with Crippen molar-refractivity contribution in [3.63, 3.8) is 0 Å². The van der Waals surface area contributed by atoms with Gasteiger partial charge in [0, 0.05) is 5.56 Å². The number of aliphatic imine (C=N–C) groups is 1. The number of hydrogen-bond acceptors (Lipinski definition) is 2. The van der Waals surface area contributed by atoms with E-state index in [2.05, 4.69) is 12.1 Å². The zero-order valence-corrected chi connectivity index (χ0v) is 13.5. The van der Waals surface area contributed by atoms with Crippen LogP contribution in [0.5, 0.6) is 0 Å². The summed E-state index contributed by atoms with van der Waals surface area (Å²) in [5, 5.41) is 12.3. The van der Waals surface area contributed by atoms with E-state index in [4.69, 9.17) is 4.99 Å². The Morgan fingerprint density at radius 1 is 0.864 bits per heavy atom. The molecule has 0 aliphatic heterocycles. The third-order valence-corrected chi connectivity index (χ3v) is 5.05. The van der Waals surface area contributed by atoms with Gasteiger partial charge in [0.15, 0.2) is 5.84 Å². The number of rotatable bonds is 3. The third kappa shape index (κ3) is 3.89. The summed E-state index contributed by atoms with van der Waals surface area (Å²) in [6, 6.07) is 10.8. The number of benzene rings is 1. The van der Waals surface area contributed by atoms with Gasteiger partial charge in [-0.25, -0.2) is 5.06 Å². The summed E-state index contributed by atoms with van der Waals surface area (Å²) < 4.78 is 0. The molecule has 0 radical (unpaired) electrons. The van der Waals surface area contributed by atoms with Crippen LogP contribution in [0, 0.1) is 0 Å². The van der Waals surface area contributed by atoms with Crippen LogP contribution >= 0.6 is 0 Å². The Morgan fingerprint density at radius 3 is 2.09 bits per heavy atom. The van der Waals surface area contributed by atoms with Crippen molar-refractivity contribution in [2.75, 3.05) is 0 Å². The first-order chi connectivity index (χ1) is 10.8. The quantitative estimate of drug-likeness (QED) is 0.495. The van der Waals surface area contributed by atoms with Crippen molar-refractivity contribution in [2.45, 2.75) is 76.3 Å². The predicted molar refractivity (Wildman–Crippen MR) is 90.4 cm³/mol. The molecule has 3 rings (SSSR count). The van der Waals surface area contributed by atoms with Crippen molar-refractivity contribution < 1.29 is 5.21 Å². The fourth-order valence-corrected chi connectivity index (χ4v) is 3.73. The lowest BCUT2D eigenvalue weighted by Gasteiger charge is -2.32. The summed E-state index contributed by atoms with van der Waals surface area (Å²) in [5.41, 5.74) is 1.04. The standard InChI is InChI=1S/C19H28N2O/c22-21(18-14-8-3-9-15-18)19(16-10-4-1-5-11-16)20-17-12-6-2-7-13-17/h1,4-5,10-11,17-18,22H,2-3,6-9,12-15H2. The van der Waals surface area contributed by atoms with E-state index in [1.165, 1.54) is 43.6 Å². The highest BCUT2D eigenvalue weighted by Gasteiger charge is 2.25. The van der Waals surface area contributed by atoms with Crippen LogP contribution in [0.2, 0.25) is 0 Å². The van der Waals surface area contributed by atoms with Crippen molar-refractivity contribution in [1.82, 2.24) is 5.06 Å². The van der Waals surface area contributed by atoms with Crippen LogP contribution in [-0.2, 0) is 0 Å². The molecule has 3 heteroatoms. The van der Waals surface area contributed by atoms with Gasteiger partial charge in [-0.1, -0.05) is 68.9 Å². The first kappa shape index (κ1) is 15.5. The molecule has 0 saturated heterocycles. The summed E-state index contributed by atoms with van der Waals surface area (Å²) >= 11 is 0. The third-order valence-electron chi connectivity index (χ3n) is 5.05. The maximum absolute atomic E-state index is 10.8. The van der Waals surface area contributed by atoms with Crippen molar-refractivity contribution in [1.29, 1.82) is 0 Å². The smallest absolute Gasteiger partial charge is 0.155 e. The van der Waals surface area contributed by atoms with Gasteiger partial charge in [-0.3, -0.25) is 10.2 Å². The molecule has 1 aromatic carbocycles. The molecule has 2 aliphatic rings. The average molecular weight is 300 g/mol. The highest BCUT2D eigenvalue weighted by atomic mass is 16.5. The van der Waals surface area contributed by atoms with Crippen LogP contribution in [-0.4, -0.2) is 28.2 Å². The van der Waals surface area contributed by atoms with E-state index < -0.39 is 0 Å². The Morgan fingerprint density at radius 2 is 1.45 bits per heavy atom. The molecule has 0 atom stereocenters. The first-order valence-electron chi connectivity index (χ1n) is 8.96. The lowest BCUT2D eigenvalue weighted by atomic mass is 9.94. The lowest BCUT2D eigenvalue weighted by Crippen LogP contribution is -2.40. The number of amidine groups is 1. The van der Waals surface area contributed by atoms with E-state index >= 15 is 0 Å². The van der Waals surface area contributed by atoms with Crippen molar-refractivity contribution in [3.05, 3.63) is 35.9 Å². The minimum absolute atomic E-state index is 0.233. The number of hydroxylamine groups is 2. The zero-order chi connectivity index (χ0) is 15.2. The molecule has 1 aromatic rings. The summed E-state index contributed by atoms with van der Waals surface area (Å²) in [4.78, 5) is 4.97. The summed E-state index contributed by atoms with van der Waals surface area (Å²) in [6.45, 7) is 0. The Balaban J connectivity index is 1.83. The van der Waals surface area contributed by atoms with Gasteiger partial charge in [0.2, 0.25) is 0 Å². The number of nitrogens with zero attached hydrogens (tertiary/aromatic N) is 2. The molecule has 120 valence electrons. The molecule has 2 saturated carbocycles. The zero-order valence-electron chi connectivity index (χ0n) is 13.5. The molecule has 0 unspecified atom stereocenters. The monoisotopic (exact) mass is 300 g/mol. The second kappa shape index (κ2) is 7.77. The van der Waals surface area contributed by atoms with Crippen LogP contribution in [0.1, 0.15) is 69.8 Å². The summed E-state index contributed by atoms with van der Waals surface area (Å²) in [6.07, 6.45) is 12.1. The van der Waals surface area contributed by atoms with Gasteiger partial charge in [-0.2, -0.15) is 0 Å². The van der Waals surface area contributed by atoms with Crippen molar-refractivity contribution in [2.24, 2.45) is 4.99 Å². The van der Waals surface area contributed by atoms with Crippen LogP contribution in [0.15, 0.2) is 35.3 Å². The van der Waals surface area contributed by atoms with Crippen LogP contribution in [0.4, 0.5) is 0 Å². The molecule has 0 bridgehead atoms. The van der Waals surface area contributed by atoms with Gasteiger partial charge >= 0.3 is 0 Å². The Hall–Kier alpha value is -1.35. The molecule has 22 heavy (non-hydrogen) atoms. The van der Waals surface area contributed by atoms with E-state index in [1.807, 2.05) is 18.2 Å². The van der Waals surface area contributed by atoms with Crippen molar-refractivity contribution >= 4 is 5.84 Å². The second-order valence-electron chi connectivity index (χ2n) is 6.75. The first-order valence-corrected chi connectivity index (χ1v) is 8.96. The minimum Gasteiger partial charge on any atom is -0.287 e. The maximum Gasteiger partial charge on any atom is 0.155 e. The second-order valence-corrected chi connectivity index (χ2v) is 6.75. The number of hydrogen-bond donors (Lipinski definition) is 1. The van der Waals surface area contributed by atoms with E-state index in [9.17, 15) is 5.21 Å². The minimum atomic E-state index is 0.233. The van der Waals surface area contributed by atoms with E-state index in [0.29, 0.717) is 6.04 Å². The topological polar surface area (TPSA) is 35.8 Å². The lowest BCUT2D eigenvalue weighted by molar-refractivity contribution is -0.0639. The van der Waals surface area contributed by atoms with Crippen LogP contribution in [0.3, 0.4) is 0 Å². The van der Waals surface area contributed by atoms with Gasteiger partial charge in [0.05, 0.1) is 12.1 Å². The van der Waals surface area contributed by atoms with Gasteiger partial charge in [-0.15, -0.1) is 0 Å². The molecule has 3 nitrogen and oxygen atoms in total. The van der Waals surface area contributed by atoms with Gasteiger partial charge in [0.25, 0.3) is 0 Å². The van der Waals surface area contributed by atoms with Crippen LogP contribution < -0.4 is 0 Å². The fourth-order valence-electron chi connectivity index (χ4n) is 3.73. The summed E-state index contributed by atoms with van der Waals surface area (Å²) in [7, 11) is 0. The molecular formula is C19H28N2O. The highest BCUT2D eigenvalue weighted by molar-refractivity contribution is 5.98. The van der Waals surface area contributed by atoms with Gasteiger partial charge < -0.3 is 0 Å². The predicted octanol–water partition coefficient (Wildman–Crippen LogP) is 4.79. The van der Waals surface area contributed by atoms with E-state index in [1.54, 1.807) is 0 Å². The Bertz CT molecular complexity index is 473.